The van der Waals surface area contributed by atoms with Gasteiger partial charge in [0.1, 0.15) is 6.07 Å². The number of rotatable bonds is 4. The highest BCUT2D eigenvalue weighted by Gasteiger charge is 2.17. The summed E-state index contributed by atoms with van der Waals surface area (Å²) in [6, 6.07) is 5.33. The van der Waals surface area contributed by atoms with Gasteiger partial charge in [-0.15, -0.1) is 6.58 Å². The van der Waals surface area contributed by atoms with Crippen LogP contribution in [0.1, 0.15) is 19.4 Å². The highest BCUT2D eigenvalue weighted by atomic mass is 79.9. The van der Waals surface area contributed by atoms with Gasteiger partial charge in [-0.05, 0) is 41.9 Å². The van der Waals surface area contributed by atoms with Gasteiger partial charge in [-0.1, -0.05) is 6.08 Å². The molecular weight excluding hydrogens is 283 g/mol. The van der Waals surface area contributed by atoms with Gasteiger partial charge >= 0.3 is 0 Å². The second kappa shape index (κ2) is 5.83. The highest BCUT2D eigenvalue weighted by molar-refractivity contribution is 9.10. The van der Waals surface area contributed by atoms with Crippen LogP contribution in [0, 0.1) is 17.1 Å². The van der Waals surface area contributed by atoms with Crippen molar-refractivity contribution in [3.63, 3.8) is 0 Å². The second-order valence-corrected chi connectivity index (χ2v) is 4.70. The maximum absolute atomic E-state index is 14.1. The molecule has 1 rings (SSSR count). The van der Waals surface area contributed by atoms with Crippen LogP contribution in [-0.4, -0.2) is 12.6 Å². The molecule has 0 radical (unpaired) electrons. The third-order valence-corrected chi connectivity index (χ3v) is 3.22. The third kappa shape index (κ3) is 2.86. The largest absolute Gasteiger partial charge is 0.363 e. The van der Waals surface area contributed by atoms with Crippen molar-refractivity contribution in [1.29, 1.82) is 5.26 Å². The van der Waals surface area contributed by atoms with E-state index in [9.17, 15) is 4.39 Å². The van der Waals surface area contributed by atoms with Gasteiger partial charge in [-0.25, -0.2) is 4.39 Å². The van der Waals surface area contributed by atoms with E-state index in [0.29, 0.717) is 17.8 Å². The predicted molar refractivity (Wildman–Crippen MR) is 71.5 cm³/mol. The lowest BCUT2D eigenvalue weighted by molar-refractivity contribution is 0.602. The molecule has 17 heavy (non-hydrogen) atoms. The summed E-state index contributed by atoms with van der Waals surface area (Å²) in [6.45, 7) is 8.19. The molecule has 4 heteroatoms. The number of hydrogen-bond donors (Lipinski definition) is 0. The smallest absolute Gasteiger partial charge is 0.162 e. The molecule has 0 unspecified atom stereocenters. The van der Waals surface area contributed by atoms with Gasteiger partial charge in [0, 0.05) is 12.6 Å². The number of nitrogens with zero attached hydrogens (tertiary/aromatic N) is 2. The first-order valence-corrected chi connectivity index (χ1v) is 6.07. The van der Waals surface area contributed by atoms with Gasteiger partial charge in [0.25, 0.3) is 0 Å². The predicted octanol–water partition coefficient (Wildman–Crippen LogP) is 3.86. The summed E-state index contributed by atoms with van der Waals surface area (Å²) in [6.07, 6.45) is 1.73. The van der Waals surface area contributed by atoms with E-state index in [1.54, 1.807) is 18.2 Å². The van der Waals surface area contributed by atoms with E-state index in [2.05, 4.69) is 22.5 Å². The van der Waals surface area contributed by atoms with Crippen molar-refractivity contribution in [3.05, 3.63) is 40.6 Å². The molecule has 0 aliphatic heterocycles. The molecule has 0 heterocycles. The van der Waals surface area contributed by atoms with Crippen LogP contribution in [0.3, 0.4) is 0 Å². The fraction of sp³-hybridized carbons (Fsp3) is 0.308. The molecule has 0 aliphatic rings. The Morgan fingerprint density at radius 2 is 2.24 bits per heavy atom. The summed E-state index contributed by atoms with van der Waals surface area (Å²) in [5.74, 6) is -0.403. The van der Waals surface area contributed by atoms with E-state index in [0.717, 1.165) is 0 Å². The second-order valence-electron chi connectivity index (χ2n) is 3.91. The summed E-state index contributed by atoms with van der Waals surface area (Å²) in [5, 5.41) is 8.81. The van der Waals surface area contributed by atoms with Crippen LogP contribution in [0.25, 0.3) is 0 Å². The summed E-state index contributed by atoms with van der Waals surface area (Å²) in [5.41, 5.74) is 0.777. The van der Waals surface area contributed by atoms with Gasteiger partial charge in [-0.3, -0.25) is 0 Å². The van der Waals surface area contributed by atoms with Gasteiger partial charge in [-0.2, -0.15) is 5.26 Å². The number of halogens is 2. The summed E-state index contributed by atoms with van der Waals surface area (Å²) in [4.78, 5) is 1.88. The first-order chi connectivity index (χ1) is 8.02. The summed E-state index contributed by atoms with van der Waals surface area (Å²) < 4.78 is 14.3. The Labute approximate surface area is 109 Å². The lowest BCUT2D eigenvalue weighted by Crippen LogP contribution is -2.31. The standard InChI is InChI=1S/C13H14BrFN2/c1-4-7-17(9(2)3)11-6-5-10(8-16)12(14)13(11)15/h4-6,9H,1,7H2,2-3H3. The van der Waals surface area contributed by atoms with Crippen LogP contribution in [0.2, 0.25) is 0 Å². The number of benzene rings is 1. The van der Waals surface area contributed by atoms with Crippen molar-refractivity contribution >= 4 is 21.6 Å². The quantitative estimate of drug-likeness (QED) is 0.789. The maximum Gasteiger partial charge on any atom is 0.162 e. The lowest BCUT2D eigenvalue weighted by Gasteiger charge is -2.28. The highest BCUT2D eigenvalue weighted by Crippen LogP contribution is 2.30. The fourth-order valence-electron chi connectivity index (χ4n) is 1.57. The van der Waals surface area contributed by atoms with Crippen LogP contribution in [0.15, 0.2) is 29.3 Å². The van der Waals surface area contributed by atoms with Crippen molar-refractivity contribution in [2.24, 2.45) is 0 Å². The molecule has 0 saturated carbocycles. The Balaban J connectivity index is 3.26. The minimum absolute atomic E-state index is 0.155. The normalized spacial score (nSPS) is 10.1. The maximum atomic E-state index is 14.1. The number of nitriles is 1. The van der Waals surface area contributed by atoms with Crippen LogP contribution in [0.4, 0.5) is 10.1 Å². The number of anilines is 1. The Morgan fingerprint density at radius 3 is 2.71 bits per heavy atom. The van der Waals surface area contributed by atoms with Crippen LogP contribution in [-0.2, 0) is 0 Å². The molecule has 0 amide bonds. The molecule has 0 N–H and O–H groups in total. The molecule has 0 fully saturated rings. The van der Waals surface area contributed by atoms with Gasteiger partial charge in [0.15, 0.2) is 5.82 Å². The Kier molecular flexibility index (Phi) is 4.71. The van der Waals surface area contributed by atoms with Crippen LogP contribution in [0.5, 0.6) is 0 Å². The molecule has 0 atom stereocenters. The van der Waals surface area contributed by atoms with Crippen molar-refractivity contribution in [2.45, 2.75) is 19.9 Å². The van der Waals surface area contributed by atoms with Crippen molar-refractivity contribution in [2.75, 3.05) is 11.4 Å². The molecular formula is C13H14BrFN2. The van der Waals surface area contributed by atoms with Crippen LogP contribution >= 0.6 is 15.9 Å². The van der Waals surface area contributed by atoms with E-state index in [1.165, 1.54) is 0 Å². The average Bonchev–Trinajstić information content (AvgIpc) is 2.30. The summed E-state index contributed by atoms with van der Waals surface area (Å²) in [7, 11) is 0. The van der Waals surface area contributed by atoms with Gasteiger partial charge in [0.05, 0.1) is 15.7 Å². The van der Waals surface area contributed by atoms with E-state index in [-0.39, 0.29) is 10.5 Å². The van der Waals surface area contributed by atoms with Crippen molar-refractivity contribution in [1.82, 2.24) is 0 Å². The zero-order valence-electron chi connectivity index (χ0n) is 9.87. The monoisotopic (exact) mass is 296 g/mol. The molecule has 90 valence electrons. The molecule has 0 bridgehead atoms. The summed E-state index contributed by atoms with van der Waals surface area (Å²) >= 11 is 3.11. The molecule has 2 nitrogen and oxygen atoms in total. The fourth-order valence-corrected chi connectivity index (χ4v) is 2.00. The lowest BCUT2D eigenvalue weighted by atomic mass is 10.1. The molecule has 0 saturated heterocycles. The zero-order chi connectivity index (χ0) is 13.0. The topological polar surface area (TPSA) is 27.0 Å². The van der Waals surface area contributed by atoms with Crippen LogP contribution < -0.4 is 4.90 Å². The molecule has 1 aromatic carbocycles. The molecule has 0 spiro atoms. The third-order valence-electron chi connectivity index (χ3n) is 2.44. The Bertz CT molecular complexity index is 463. The van der Waals surface area contributed by atoms with Gasteiger partial charge < -0.3 is 4.90 Å². The first-order valence-electron chi connectivity index (χ1n) is 5.28. The average molecular weight is 297 g/mol. The number of hydrogen-bond acceptors (Lipinski definition) is 2. The molecule has 0 aromatic heterocycles. The molecule has 0 aliphatic carbocycles. The Morgan fingerprint density at radius 1 is 1.59 bits per heavy atom. The van der Waals surface area contributed by atoms with E-state index < -0.39 is 5.82 Å². The van der Waals surface area contributed by atoms with E-state index >= 15 is 0 Å². The molecule has 1 aromatic rings. The zero-order valence-corrected chi connectivity index (χ0v) is 11.5. The SMILES string of the molecule is C=CCN(c1ccc(C#N)c(Br)c1F)C(C)C. The van der Waals surface area contributed by atoms with Crippen molar-refractivity contribution < 1.29 is 4.39 Å². The minimum Gasteiger partial charge on any atom is -0.363 e. The minimum atomic E-state index is -0.403. The first kappa shape index (κ1) is 13.7. The van der Waals surface area contributed by atoms with Gasteiger partial charge in [0.2, 0.25) is 0 Å². The van der Waals surface area contributed by atoms with E-state index in [4.69, 9.17) is 5.26 Å². The van der Waals surface area contributed by atoms with E-state index in [1.807, 2.05) is 24.8 Å². The Hall–Kier alpha value is -1.34. The van der Waals surface area contributed by atoms with Crippen molar-refractivity contribution in [3.8, 4) is 6.07 Å².